The van der Waals surface area contributed by atoms with Gasteiger partial charge in [0, 0.05) is 17.7 Å². The van der Waals surface area contributed by atoms with Crippen LogP contribution in [0.15, 0.2) is 35.9 Å². The summed E-state index contributed by atoms with van der Waals surface area (Å²) < 4.78 is 11.4. The van der Waals surface area contributed by atoms with E-state index in [9.17, 15) is 4.79 Å². The number of carbonyl (C=O) groups excluding carboxylic acids is 1. The molecule has 1 amide bonds. The zero-order valence-electron chi connectivity index (χ0n) is 15.9. The van der Waals surface area contributed by atoms with E-state index in [0.29, 0.717) is 31.2 Å². The van der Waals surface area contributed by atoms with Crippen LogP contribution in [0.1, 0.15) is 30.6 Å². The number of amides is 1. The second-order valence-electron chi connectivity index (χ2n) is 6.78. The maximum atomic E-state index is 12.6. The van der Waals surface area contributed by atoms with Crippen molar-refractivity contribution in [1.29, 1.82) is 0 Å². The van der Waals surface area contributed by atoms with Crippen molar-refractivity contribution in [3.8, 4) is 11.4 Å². The summed E-state index contributed by atoms with van der Waals surface area (Å²) in [4.78, 5) is 14.0. The number of allylic oxidation sites excluding steroid dienone is 1. The average molecular weight is 371 g/mol. The zero-order chi connectivity index (χ0) is 19.2. The highest BCUT2D eigenvalue weighted by Crippen LogP contribution is 2.16. The number of ether oxygens (including phenoxy) is 2. The topological polar surface area (TPSA) is 91.2 Å². The van der Waals surface area contributed by atoms with Gasteiger partial charge in [-0.05, 0) is 37.6 Å². The van der Waals surface area contributed by atoms with E-state index in [1.54, 1.807) is 19.2 Å². The molecule has 0 saturated carbocycles. The Balaban J connectivity index is 1.61. The first-order valence-electron chi connectivity index (χ1n) is 9.01. The molecular formula is C19H25N5O3. The molecule has 1 aromatic heterocycles. The molecule has 1 aliphatic rings. The highest BCUT2D eigenvalue weighted by molar-refractivity contribution is 5.94. The van der Waals surface area contributed by atoms with E-state index in [1.165, 1.54) is 10.4 Å². The van der Waals surface area contributed by atoms with Crippen LogP contribution in [0.4, 0.5) is 0 Å². The summed E-state index contributed by atoms with van der Waals surface area (Å²) in [6, 6.07) is 6.96. The number of tetrazole rings is 1. The molecule has 144 valence electrons. The number of nitrogens with one attached hydrogen (secondary N) is 1. The maximum absolute atomic E-state index is 12.6. The van der Waals surface area contributed by atoms with Gasteiger partial charge in [0.15, 0.2) is 0 Å². The minimum absolute atomic E-state index is 0.0543. The molecule has 27 heavy (non-hydrogen) atoms. The van der Waals surface area contributed by atoms with Gasteiger partial charge in [0.2, 0.25) is 5.82 Å². The van der Waals surface area contributed by atoms with Crippen LogP contribution in [-0.4, -0.2) is 58.1 Å². The van der Waals surface area contributed by atoms with Gasteiger partial charge < -0.3 is 14.8 Å². The lowest BCUT2D eigenvalue weighted by Gasteiger charge is -2.31. The molecule has 0 bridgehead atoms. The molecule has 1 saturated heterocycles. The van der Waals surface area contributed by atoms with Gasteiger partial charge in [0.05, 0.1) is 32.4 Å². The van der Waals surface area contributed by atoms with Crippen LogP contribution in [0, 0.1) is 0 Å². The van der Waals surface area contributed by atoms with Gasteiger partial charge in [-0.25, -0.2) is 0 Å². The lowest BCUT2D eigenvalue weighted by molar-refractivity contribution is -0.0457. The Morgan fingerprint density at radius 2 is 2.15 bits per heavy atom. The molecule has 0 aliphatic carbocycles. The molecule has 1 aliphatic heterocycles. The lowest BCUT2D eigenvalue weighted by atomic mass is 10.1. The fourth-order valence-electron chi connectivity index (χ4n) is 2.81. The van der Waals surface area contributed by atoms with Crippen LogP contribution in [-0.2, 0) is 16.5 Å². The fraction of sp³-hybridized carbons (Fsp3) is 0.474. The van der Waals surface area contributed by atoms with Crippen LogP contribution in [0.5, 0.6) is 0 Å². The standard InChI is InChI=1S/C19H25N5O3/c1-13(2)8-11-27-17-9-10-26-12-16(17)20-19(25)15-6-4-14(5-7-15)18-21-23-24(3)22-18/h4-8,16-17H,9-12H2,1-3H3,(H,20,25)/t16-,17+/m1/s1. The Morgan fingerprint density at radius 1 is 1.37 bits per heavy atom. The average Bonchev–Trinajstić information content (AvgIpc) is 3.09. The van der Waals surface area contributed by atoms with Crippen molar-refractivity contribution in [1.82, 2.24) is 25.5 Å². The highest BCUT2D eigenvalue weighted by Gasteiger charge is 2.28. The third kappa shape index (κ3) is 5.21. The number of aromatic nitrogens is 4. The molecule has 0 radical (unpaired) electrons. The van der Waals surface area contributed by atoms with Gasteiger partial charge in [-0.3, -0.25) is 4.79 Å². The van der Waals surface area contributed by atoms with E-state index in [-0.39, 0.29) is 18.1 Å². The summed E-state index contributed by atoms with van der Waals surface area (Å²) in [7, 11) is 1.71. The number of hydrogen-bond acceptors (Lipinski definition) is 6. The number of rotatable bonds is 6. The molecule has 3 rings (SSSR count). The normalized spacial score (nSPS) is 19.5. The van der Waals surface area contributed by atoms with Crippen LogP contribution in [0.3, 0.4) is 0 Å². The Bertz CT molecular complexity index is 796. The molecule has 1 N–H and O–H groups in total. The third-order valence-corrected chi connectivity index (χ3v) is 4.32. The second kappa shape index (κ2) is 8.88. The quantitative estimate of drug-likeness (QED) is 0.778. The SMILES string of the molecule is CC(C)=CCO[C@H]1CCOC[C@H]1NC(=O)c1ccc(-c2nnn(C)n2)cc1. The molecule has 0 spiro atoms. The van der Waals surface area contributed by atoms with Crippen molar-refractivity contribution in [2.24, 2.45) is 7.05 Å². The summed E-state index contributed by atoms with van der Waals surface area (Å²) in [5.74, 6) is 0.373. The zero-order valence-corrected chi connectivity index (χ0v) is 15.9. The van der Waals surface area contributed by atoms with Gasteiger partial charge in [0.1, 0.15) is 0 Å². The lowest BCUT2D eigenvalue weighted by Crippen LogP contribution is -2.50. The first-order valence-corrected chi connectivity index (χ1v) is 9.01. The largest absolute Gasteiger partial charge is 0.379 e. The van der Waals surface area contributed by atoms with Crippen molar-refractivity contribution in [3.63, 3.8) is 0 Å². The van der Waals surface area contributed by atoms with Crippen molar-refractivity contribution in [2.75, 3.05) is 19.8 Å². The van der Waals surface area contributed by atoms with Gasteiger partial charge in [-0.1, -0.05) is 23.8 Å². The Labute approximate surface area is 158 Å². The van der Waals surface area contributed by atoms with Crippen LogP contribution in [0.2, 0.25) is 0 Å². The van der Waals surface area contributed by atoms with Gasteiger partial charge in [-0.2, -0.15) is 4.80 Å². The summed E-state index contributed by atoms with van der Waals surface area (Å²) in [5, 5.41) is 15.0. The minimum atomic E-state index is -0.168. The molecule has 2 atom stereocenters. The summed E-state index contributed by atoms with van der Waals surface area (Å²) in [6.07, 6.45) is 2.74. The molecule has 1 aromatic carbocycles. The van der Waals surface area contributed by atoms with Crippen LogP contribution < -0.4 is 5.32 Å². The predicted molar refractivity (Wildman–Crippen MR) is 100 cm³/mol. The third-order valence-electron chi connectivity index (χ3n) is 4.32. The monoisotopic (exact) mass is 371 g/mol. The first-order chi connectivity index (χ1) is 13.0. The molecule has 2 aromatic rings. The number of nitrogens with zero attached hydrogens (tertiary/aromatic N) is 4. The van der Waals surface area contributed by atoms with E-state index in [4.69, 9.17) is 9.47 Å². The summed E-state index contributed by atoms with van der Waals surface area (Å²) in [6.45, 7) is 5.71. The van der Waals surface area contributed by atoms with Crippen LogP contribution >= 0.6 is 0 Å². The van der Waals surface area contributed by atoms with E-state index in [0.717, 1.165) is 12.0 Å². The Kier molecular flexibility index (Phi) is 6.31. The molecule has 8 heteroatoms. The van der Waals surface area contributed by atoms with Crippen LogP contribution in [0.25, 0.3) is 11.4 Å². The van der Waals surface area contributed by atoms with E-state index >= 15 is 0 Å². The molecule has 8 nitrogen and oxygen atoms in total. The molecular weight excluding hydrogens is 346 g/mol. The number of carbonyl (C=O) groups is 1. The highest BCUT2D eigenvalue weighted by atomic mass is 16.5. The Morgan fingerprint density at radius 3 is 2.81 bits per heavy atom. The van der Waals surface area contributed by atoms with E-state index < -0.39 is 0 Å². The summed E-state index contributed by atoms with van der Waals surface area (Å²) >= 11 is 0. The number of benzene rings is 1. The first kappa shape index (κ1) is 19.2. The number of aryl methyl sites for hydroxylation is 1. The molecule has 2 heterocycles. The molecule has 0 unspecified atom stereocenters. The Hall–Kier alpha value is -2.58. The fourth-order valence-corrected chi connectivity index (χ4v) is 2.81. The van der Waals surface area contributed by atoms with Gasteiger partial charge in [-0.15, -0.1) is 10.2 Å². The summed E-state index contributed by atoms with van der Waals surface area (Å²) in [5.41, 5.74) is 2.58. The predicted octanol–water partition coefficient (Wildman–Crippen LogP) is 1.75. The minimum Gasteiger partial charge on any atom is -0.379 e. The smallest absolute Gasteiger partial charge is 0.251 e. The van der Waals surface area contributed by atoms with Crippen molar-refractivity contribution in [2.45, 2.75) is 32.4 Å². The van der Waals surface area contributed by atoms with Gasteiger partial charge >= 0.3 is 0 Å². The molecule has 1 fully saturated rings. The van der Waals surface area contributed by atoms with E-state index in [1.807, 2.05) is 32.1 Å². The maximum Gasteiger partial charge on any atom is 0.251 e. The van der Waals surface area contributed by atoms with Gasteiger partial charge in [0.25, 0.3) is 5.91 Å². The van der Waals surface area contributed by atoms with Crippen molar-refractivity contribution < 1.29 is 14.3 Å². The van der Waals surface area contributed by atoms with E-state index in [2.05, 4.69) is 20.7 Å². The van der Waals surface area contributed by atoms with Crippen molar-refractivity contribution >= 4 is 5.91 Å². The van der Waals surface area contributed by atoms with Crippen molar-refractivity contribution in [3.05, 3.63) is 41.5 Å². The number of hydrogen-bond donors (Lipinski definition) is 1. The second-order valence-corrected chi connectivity index (χ2v) is 6.78.